The molecule has 0 radical (unpaired) electrons. The van der Waals surface area contributed by atoms with E-state index in [0.29, 0.717) is 18.1 Å². The first-order valence-electron chi connectivity index (χ1n) is 6.71. The molecule has 2 heterocycles. The molecule has 0 spiro atoms. The average molecular weight is 294 g/mol. The van der Waals surface area contributed by atoms with Crippen LogP contribution in [0.3, 0.4) is 0 Å². The molecule has 1 aromatic carbocycles. The third-order valence-electron chi connectivity index (χ3n) is 2.98. The van der Waals surface area contributed by atoms with Gasteiger partial charge in [0, 0.05) is 6.54 Å². The second-order valence-corrected chi connectivity index (χ2v) is 4.57. The Morgan fingerprint density at radius 3 is 2.50 bits per heavy atom. The average Bonchev–Trinajstić information content (AvgIpc) is 3.09. The topological polar surface area (TPSA) is 84.7 Å². The first-order chi connectivity index (χ1) is 10.8. The van der Waals surface area contributed by atoms with Crippen LogP contribution in [0.4, 0.5) is 10.5 Å². The molecule has 2 N–H and O–H groups in total. The molecule has 3 rings (SSSR count). The van der Waals surface area contributed by atoms with Gasteiger partial charge in [0.05, 0.1) is 11.9 Å². The highest BCUT2D eigenvalue weighted by molar-refractivity contribution is 5.89. The van der Waals surface area contributed by atoms with E-state index in [4.69, 9.17) is 0 Å². The fraction of sp³-hybridized carbons (Fsp3) is 0.0667. The molecule has 22 heavy (non-hydrogen) atoms. The predicted molar refractivity (Wildman–Crippen MR) is 81.5 cm³/mol. The van der Waals surface area contributed by atoms with Crippen molar-refractivity contribution in [1.29, 1.82) is 0 Å². The SMILES string of the molecule is O=C(NCc1ccccc1)Nc1ccc(-n2cnnc2)nc1. The van der Waals surface area contributed by atoms with Crippen LogP contribution in [0.25, 0.3) is 5.82 Å². The van der Waals surface area contributed by atoms with Crippen LogP contribution in [0.15, 0.2) is 61.3 Å². The Kier molecular flexibility index (Phi) is 4.05. The molecule has 2 amide bonds. The van der Waals surface area contributed by atoms with E-state index in [1.807, 2.05) is 30.3 Å². The minimum absolute atomic E-state index is 0.275. The van der Waals surface area contributed by atoms with Crippen molar-refractivity contribution >= 4 is 11.7 Å². The molecule has 110 valence electrons. The molecule has 0 aliphatic heterocycles. The van der Waals surface area contributed by atoms with Gasteiger partial charge in [0.1, 0.15) is 18.5 Å². The number of carbonyl (C=O) groups is 1. The summed E-state index contributed by atoms with van der Waals surface area (Å²) in [5.41, 5.74) is 1.65. The highest BCUT2D eigenvalue weighted by Crippen LogP contribution is 2.09. The number of nitrogens with one attached hydrogen (secondary N) is 2. The summed E-state index contributed by atoms with van der Waals surface area (Å²) in [5.74, 6) is 0.681. The van der Waals surface area contributed by atoms with Gasteiger partial charge in [0.2, 0.25) is 0 Å². The number of pyridine rings is 1. The number of rotatable bonds is 4. The van der Waals surface area contributed by atoms with E-state index in [1.54, 1.807) is 35.6 Å². The number of urea groups is 1. The minimum Gasteiger partial charge on any atom is -0.334 e. The van der Waals surface area contributed by atoms with Crippen LogP contribution in [0, 0.1) is 0 Å². The molecule has 0 fully saturated rings. The Labute approximate surface area is 127 Å². The second-order valence-electron chi connectivity index (χ2n) is 4.57. The molecule has 0 bridgehead atoms. The van der Waals surface area contributed by atoms with E-state index in [2.05, 4.69) is 25.8 Å². The number of hydrogen-bond acceptors (Lipinski definition) is 4. The van der Waals surface area contributed by atoms with E-state index >= 15 is 0 Å². The van der Waals surface area contributed by atoms with Crippen LogP contribution in [0.2, 0.25) is 0 Å². The first-order valence-corrected chi connectivity index (χ1v) is 6.71. The van der Waals surface area contributed by atoms with Crippen molar-refractivity contribution < 1.29 is 4.79 Å². The zero-order valence-electron chi connectivity index (χ0n) is 11.7. The molecule has 0 atom stereocenters. The third kappa shape index (κ3) is 3.45. The van der Waals surface area contributed by atoms with E-state index in [9.17, 15) is 4.79 Å². The van der Waals surface area contributed by atoms with Gasteiger partial charge in [0.25, 0.3) is 0 Å². The molecule has 0 aliphatic carbocycles. The quantitative estimate of drug-likeness (QED) is 0.770. The molecule has 0 saturated carbocycles. The van der Waals surface area contributed by atoms with Gasteiger partial charge in [0.15, 0.2) is 0 Å². The lowest BCUT2D eigenvalue weighted by Crippen LogP contribution is -2.28. The van der Waals surface area contributed by atoms with Crippen LogP contribution in [-0.2, 0) is 6.54 Å². The zero-order valence-corrected chi connectivity index (χ0v) is 11.7. The first kappa shape index (κ1) is 13.7. The highest BCUT2D eigenvalue weighted by atomic mass is 16.2. The lowest BCUT2D eigenvalue weighted by molar-refractivity contribution is 0.251. The molecule has 0 aliphatic rings. The smallest absolute Gasteiger partial charge is 0.319 e. The summed E-state index contributed by atoms with van der Waals surface area (Å²) >= 11 is 0. The Hall–Kier alpha value is -3.22. The van der Waals surface area contributed by atoms with Crippen LogP contribution < -0.4 is 10.6 Å². The van der Waals surface area contributed by atoms with Crippen LogP contribution >= 0.6 is 0 Å². The lowest BCUT2D eigenvalue weighted by atomic mass is 10.2. The van der Waals surface area contributed by atoms with Crippen LogP contribution in [0.5, 0.6) is 0 Å². The van der Waals surface area contributed by atoms with E-state index in [1.165, 1.54) is 0 Å². The van der Waals surface area contributed by atoms with Gasteiger partial charge in [-0.3, -0.25) is 4.57 Å². The van der Waals surface area contributed by atoms with Gasteiger partial charge < -0.3 is 10.6 Å². The molecular formula is C15H14N6O. The Balaban J connectivity index is 1.55. The van der Waals surface area contributed by atoms with Gasteiger partial charge in [-0.05, 0) is 17.7 Å². The van der Waals surface area contributed by atoms with E-state index in [-0.39, 0.29) is 6.03 Å². The Morgan fingerprint density at radius 2 is 1.82 bits per heavy atom. The normalized spacial score (nSPS) is 10.2. The summed E-state index contributed by atoms with van der Waals surface area (Å²) < 4.78 is 1.68. The summed E-state index contributed by atoms with van der Waals surface area (Å²) in [6.45, 7) is 0.471. The number of amides is 2. The molecule has 0 saturated heterocycles. The number of hydrogen-bond donors (Lipinski definition) is 2. The van der Waals surface area contributed by atoms with Crippen molar-refractivity contribution in [1.82, 2.24) is 25.1 Å². The Bertz CT molecular complexity index is 724. The lowest BCUT2D eigenvalue weighted by Gasteiger charge is -2.08. The van der Waals surface area contributed by atoms with Crippen LogP contribution in [-0.4, -0.2) is 25.8 Å². The second kappa shape index (κ2) is 6.49. The number of carbonyl (C=O) groups excluding carboxylic acids is 1. The monoisotopic (exact) mass is 294 g/mol. The summed E-state index contributed by atoms with van der Waals surface area (Å²) in [6.07, 6.45) is 4.70. The summed E-state index contributed by atoms with van der Waals surface area (Å²) in [4.78, 5) is 16.1. The largest absolute Gasteiger partial charge is 0.334 e. The number of aromatic nitrogens is 4. The van der Waals surface area contributed by atoms with Crippen molar-refractivity contribution in [3.05, 3.63) is 66.9 Å². The number of nitrogens with zero attached hydrogens (tertiary/aromatic N) is 4. The fourth-order valence-corrected chi connectivity index (χ4v) is 1.89. The maximum absolute atomic E-state index is 11.8. The molecule has 3 aromatic rings. The van der Waals surface area contributed by atoms with Crippen molar-refractivity contribution in [2.75, 3.05) is 5.32 Å². The number of benzene rings is 1. The Morgan fingerprint density at radius 1 is 1.05 bits per heavy atom. The van der Waals surface area contributed by atoms with Gasteiger partial charge >= 0.3 is 6.03 Å². The molecule has 2 aromatic heterocycles. The van der Waals surface area contributed by atoms with Gasteiger partial charge in [-0.25, -0.2) is 9.78 Å². The van der Waals surface area contributed by atoms with E-state index < -0.39 is 0 Å². The maximum atomic E-state index is 11.8. The minimum atomic E-state index is -0.275. The van der Waals surface area contributed by atoms with Crippen molar-refractivity contribution in [3.63, 3.8) is 0 Å². The third-order valence-corrected chi connectivity index (χ3v) is 2.98. The summed E-state index contributed by atoms with van der Waals surface area (Å²) in [7, 11) is 0. The standard InChI is InChI=1S/C15H14N6O/c22-15(17-8-12-4-2-1-3-5-12)20-13-6-7-14(16-9-13)21-10-18-19-11-21/h1-7,9-11H,8H2,(H2,17,20,22). The highest BCUT2D eigenvalue weighted by Gasteiger charge is 2.03. The van der Waals surface area contributed by atoms with Crippen molar-refractivity contribution in [3.8, 4) is 5.82 Å². The van der Waals surface area contributed by atoms with Gasteiger partial charge in [-0.2, -0.15) is 0 Å². The van der Waals surface area contributed by atoms with Crippen molar-refractivity contribution in [2.24, 2.45) is 0 Å². The molecule has 7 nitrogen and oxygen atoms in total. The molecule has 0 unspecified atom stereocenters. The summed E-state index contributed by atoms with van der Waals surface area (Å²) in [6, 6.07) is 13.0. The maximum Gasteiger partial charge on any atom is 0.319 e. The van der Waals surface area contributed by atoms with Gasteiger partial charge in [-0.1, -0.05) is 30.3 Å². The van der Waals surface area contributed by atoms with Crippen LogP contribution in [0.1, 0.15) is 5.56 Å². The number of anilines is 1. The van der Waals surface area contributed by atoms with Crippen molar-refractivity contribution in [2.45, 2.75) is 6.54 Å². The molecule has 7 heteroatoms. The fourth-order valence-electron chi connectivity index (χ4n) is 1.89. The van der Waals surface area contributed by atoms with Gasteiger partial charge in [-0.15, -0.1) is 10.2 Å². The molecular weight excluding hydrogens is 280 g/mol. The van der Waals surface area contributed by atoms with E-state index in [0.717, 1.165) is 5.56 Å². The zero-order chi connectivity index (χ0) is 15.2. The summed E-state index contributed by atoms with van der Waals surface area (Å²) in [5, 5.41) is 12.9. The predicted octanol–water partition coefficient (Wildman–Crippen LogP) is 1.98.